The molecule has 0 aliphatic heterocycles. The van der Waals surface area contributed by atoms with E-state index in [1.54, 1.807) is 31.5 Å². The van der Waals surface area contributed by atoms with Crippen LogP contribution in [-0.2, 0) is 9.84 Å². The van der Waals surface area contributed by atoms with Crippen LogP contribution in [0.25, 0.3) is 17.0 Å². The lowest BCUT2D eigenvalue weighted by molar-refractivity contribution is 0.415. The van der Waals surface area contributed by atoms with Crippen molar-refractivity contribution in [3.63, 3.8) is 0 Å². The van der Waals surface area contributed by atoms with Crippen LogP contribution in [0.15, 0.2) is 64.4 Å². The molecule has 2 aromatic heterocycles. The Balaban J connectivity index is 1.69. The van der Waals surface area contributed by atoms with Crippen molar-refractivity contribution in [1.82, 2.24) is 19.7 Å². The number of rotatable bonds is 6. The molecule has 4 aromatic rings. The number of oxazole rings is 1. The summed E-state index contributed by atoms with van der Waals surface area (Å²) < 4.78 is 35.6. The molecule has 0 aliphatic rings. The predicted molar refractivity (Wildman–Crippen MR) is 111 cm³/mol. The Morgan fingerprint density at radius 3 is 2.57 bits per heavy atom. The first-order valence-electron chi connectivity index (χ1n) is 8.73. The number of nitrogen functional groups attached to an aromatic ring is 1. The molecule has 0 unspecified atom stereocenters. The smallest absolute Gasteiger partial charge is 0.248 e. The standard InChI is InChI=1S/C19H18N6O4S/c1-28-15-5-3-4-14(17(15)16-10-21-11-29-16)22-19-23-18(20)25(24-19)12-6-8-13(9-7-12)30(2,26)27/h3-11H,1-2H3,(H3,20,22,23,24). The van der Waals surface area contributed by atoms with Gasteiger partial charge in [-0.25, -0.2) is 13.4 Å². The number of anilines is 3. The lowest BCUT2D eigenvalue weighted by Gasteiger charge is -2.11. The second-order valence-corrected chi connectivity index (χ2v) is 8.36. The van der Waals surface area contributed by atoms with Gasteiger partial charge < -0.3 is 20.2 Å². The highest BCUT2D eigenvalue weighted by Crippen LogP contribution is 2.37. The van der Waals surface area contributed by atoms with Gasteiger partial charge in [0.25, 0.3) is 0 Å². The Morgan fingerprint density at radius 1 is 1.17 bits per heavy atom. The monoisotopic (exact) mass is 426 g/mol. The molecule has 0 fully saturated rings. The van der Waals surface area contributed by atoms with Crippen molar-refractivity contribution in [3.8, 4) is 22.8 Å². The van der Waals surface area contributed by atoms with Gasteiger partial charge in [0.1, 0.15) is 5.75 Å². The molecule has 4 rings (SSSR count). The van der Waals surface area contributed by atoms with E-state index >= 15 is 0 Å². The van der Waals surface area contributed by atoms with Gasteiger partial charge in [0, 0.05) is 6.26 Å². The summed E-state index contributed by atoms with van der Waals surface area (Å²) >= 11 is 0. The SMILES string of the molecule is COc1cccc(Nc2nc(N)n(-c3ccc(S(C)(=O)=O)cc3)n2)c1-c1cnco1. The summed E-state index contributed by atoms with van der Waals surface area (Å²) in [6.07, 6.45) is 4.05. The Bertz CT molecular complexity index is 1280. The zero-order valence-electron chi connectivity index (χ0n) is 16.1. The maximum Gasteiger partial charge on any atom is 0.248 e. The van der Waals surface area contributed by atoms with Crippen LogP contribution < -0.4 is 15.8 Å². The zero-order chi connectivity index (χ0) is 21.3. The van der Waals surface area contributed by atoms with Gasteiger partial charge in [0.2, 0.25) is 11.9 Å². The van der Waals surface area contributed by atoms with Crippen molar-refractivity contribution in [2.75, 3.05) is 24.4 Å². The van der Waals surface area contributed by atoms with Crippen molar-refractivity contribution >= 4 is 27.4 Å². The number of hydrogen-bond acceptors (Lipinski definition) is 9. The molecular formula is C19H18N6O4S. The highest BCUT2D eigenvalue weighted by Gasteiger charge is 2.17. The van der Waals surface area contributed by atoms with Crippen molar-refractivity contribution in [2.45, 2.75) is 4.90 Å². The highest BCUT2D eigenvalue weighted by atomic mass is 32.2. The van der Waals surface area contributed by atoms with Crippen molar-refractivity contribution in [2.24, 2.45) is 0 Å². The fourth-order valence-corrected chi connectivity index (χ4v) is 3.55. The summed E-state index contributed by atoms with van der Waals surface area (Å²) in [6, 6.07) is 11.6. The van der Waals surface area contributed by atoms with E-state index in [4.69, 9.17) is 14.9 Å². The number of sulfone groups is 1. The van der Waals surface area contributed by atoms with Crippen molar-refractivity contribution < 1.29 is 17.6 Å². The number of hydrogen-bond donors (Lipinski definition) is 2. The van der Waals surface area contributed by atoms with Crippen LogP contribution in [0.2, 0.25) is 0 Å². The van der Waals surface area contributed by atoms with E-state index in [-0.39, 0.29) is 16.8 Å². The van der Waals surface area contributed by atoms with Gasteiger partial charge in [-0.3, -0.25) is 0 Å². The second-order valence-electron chi connectivity index (χ2n) is 6.34. The maximum atomic E-state index is 11.6. The third kappa shape index (κ3) is 3.70. The number of methoxy groups -OCH3 is 1. The maximum absolute atomic E-state index is 11.6. The third-order valence-electron chi connectivity index (χ3n) is 4.31. The van der Waals surface area contributed by atoms with Crippen LogP contribution in [0.1, 0.15) is 0 Å². The van der Waals surface area contributed by atoms with E-state index < -0.39 is 9.84 Å². The Kier molecular flexibility index (Phi) is 4.88. The topological polar surface area (TPSA) is 138 Å². The van der Waals surface area contributed by atoms with Gasteiger partial charge in [-0.05, 0) is 36.4 Å². The van der Waals surface area contributed by atoms with E-state index in [2.05, 4.69) is 20.4 Å². The minimum Gasteiger partial charge on any atom is -0.496 e. The summed E-state index contributed by atoms with van der Waals surface area (Å²) in [4.78, 5) is 8.41. The summed E-state index contributed by atoms with van der Waals surface area (Å²) in [5, 5.41) is 7.49. The van der Waals surface area contributed by atoms with Gasteiger partial charge >= 0.3 is 0 Å². The first-order valence-corrected chi connectivity index (χ1v) is 10.6. The minimum absolute atomic E-state index is 0.133. The molecule has 154 valence electrons. The average Bonchev–Trinajstić information content (AvgIpc) is 3.37. The van der Waals surface area contributed by atoms with E-state index in [0.717, 1.165) is 6.26 Å². The fourth-order valence-electron chi connectivity index (χ4n) is 2.92. The highest BCUT2D eigenvalue weighted by molar-refractivity contribution is 7.90. The number of nitrogens with two attached hydrogens (primary N) is 1. The lowest BCUT2D eigenvalue weighted by atomic mass is 10.1. The summed E-state index contributed by atoms with van der Waals surface area (Å²) in [5.41, 5.74) is 7.88. The molecule has 0 radical (unpaired) electrons. The van der Waals surface area contributed by atoms with Gasteiger partial charge in [0.15, 0.2) is 22.0 Å². The number of aromatic nitrogens is 4. The molecule has 10 nitrogen and oxygen atoms in total. The number of nitrogens with zero attached hydrogens (tertiary/aromatic N) is 4. The molecule has 0 spiro atoms. The molecule has 0 bridgehead atoms. The summed E-state index contributed by atoms with van der Waals surface area (Å²) in [5.74, 6) is 1.47. The Labute approximate surface area is 172 Å². The van der Waals surface area contributed by atoms with Crippen molar-refractivity contribution in [3.05, 3.63) is 55.1 Å². The Morgan fingerprint density at radius 2 is 1.93 bits per heavy atom. The summed E-state index contributed by atoms with van der Waals surface area (Å²) in [7, 11) is -1.74. The fraction of sp³-hybridized carbons (Fsp3) is 0.105. The average molecular weight is 426 g/mol. The van der Waals surface area contributed by atoms with Crippen LogP contribution in [0, 0.1) is 0 Å². The third-order valence-corrected chi connectivity index (χ3v) is 5.44. The molecule has 3 N–H and O–H groups in total. The van der Waals surface area contributed by atoms with Crippen LogP contribution in [0.5, 0.6) is 5.75 Å². The number of nitrogens with one attached hydrogen (secondary N) is 1. The number of benzene rings is 2. The summed E-state index contributed by atoms with van der Waals surface area (Å²) in [6.45, 7) is 0. The van der Waals surface area contributed by atoms with Gasteiger partial charge in [-0.2, -0.15) is 9.67 Å². The van der Waals surface area contributed by atoms with E-state index in [1.165, 1.54) is 23.2 Å². The van der Waals surface area contributed by atoms with Gasteiger partial charge in [-0.1, -0.05) is 6.07 Å². The molecule has 0 aliphatic carbocycles. The largest absolute Gasteiger partial charge is 0.496 e. The molecule has 30 heavy (non-hydrogen) atoms. The zero-order valence-corrected chi connectivity index (χ0v) is 16.9. The molecule has 0 amide bonds. The molecular weight excluding hydrogens is 408 g/mol. The van der Waals surface area contributed by atoms with E-state index in [0.29, 0.717) is 28.4 Å². The van der Waals surface area contributed by atoms with Crippen LogP contribution in [0.3, 0.4) is 0 Å². The van der Waals surface area contributed by atoms with Crippen molar-refractivity contribution in [1.29, 1.82) is 0 Å². The first-order chi connectivity index (χ1) is 14.4. The molecule has 0 atom stereocenters. The van der Waals surface area contributed by atoms with Crippen LogP contribution in [0.4, 0.5) is 17.6 Å². The van der Waals surface area contributed by atoms with Gasteiger partial charge in [-0.15, -0.1) is 5.10 Å². The van der Waals surface area contributed by atoms with E-state index in [1.807, 2.05) is 12.1 Å². The lowest BCUT2D eigenvalue weighted by Crippen LogP contribution is -2.03. The molecule has 2 aromatic carbocycles. The minimum atomic E-state index is -3.30. The molecule has 11 heteroatoms. The van der Waals surface area contributed by atoms with E-state index in [9.17, 15) is 8.42 Å². The molecule has 0 saturated heterocycles. The molecule has 2 heterocycles. The second kappa shape index (κ2) is 7.52. The number of ether oxygens (including phenoxy) is 1. The quantitative estimate of drug-likeness (QED) is 0.476. The first kappa shape index (κ1) is 19.5. The van der Waals surface area contributed by atoms with Crippen LogP contribution >= 0.6 is 0 Å². The van der Waals surface area contributed by atoms with Crippen LogP contribution in [-0.4, -0.2) is 41.5 Å². The predicted octanol–water partition coefficient (Wildman–Crippen LogP) is 2.66. The van der Waals surface area contributed by atoms with Gasteiger partial charge in [0.05, 0.1) is 35.1 Å². The normalized spacial score (nSPS) is 11.4. The molecule has 0 saturated carbocycles. The Hall–Kier alpha value is -3.86.